The van der Waals surface area contributed by atoms with Crippen LogP contribution in [0.3, 0.4) is 0 Å². The molecule has 1 aliphatic heterocycles. The van der Waals surface area contributed by atoms with E-state index in [-0.39, 0.29) is 19.4 Å². The van der Waals surface area contributed by atoms with Gasteiger partial charge in [0.25, 0.3) is 0 Å². The Morgan fingerprint density at radius 2 is 0.831 bits per heavy atom. The number of rotatable bonds is 60. The summed E-state index contributed by atoms with van der Waals surface area (Å²) in [6.07, 6.45) is 65.4. The van der Waals surface area contributed by atoms with Crippen molar-refractivity contribution in [2.24, 2.45) is 0 Å². The average molecular weight is 1170 g/mol. The molecule has 1 amide bonds. The summed E-state index contributed by atoms with van der Waals surface area (Å²) in [4.78, 5) is 26.7. The molecular formula is C72H131NO10. The van der Waals surface area contributed by atoms with Gasteiger partial charge in [-0.1, -0.05) is 306 Å². The fourth-order valence-corrected chi connectivity index (χ4v) is 10.9. The Balaban J connectivity index is 2.61. The Morgan fingerprint density at radius 3 is 1.27 bits per heavy atom. The Hall–Kier alpha value is -2.64. The summed E-state index contributed by atoms with van der Waals surface area (Å²) in [7, 11) is 0. The number of unbranched alkanes of at least 4 members (excludes halogenated alkanes) is 38. The van der Waals surface area contributed by atoms with Gasteiger partial charge >= 0.3 is 5.97 Å². The van der Waals surface area contributed by atoms with Crippen LogP contribution >= 0.6 is 0 Å². The van der Waals surface area contributed by atoms with Crippen molar-refractivity contribution < 1.29 is 49.3 Å². The summed E-state index contributed by atoms with van der Waals surface area (Å²) in [5, 5.41) is 57.2. The maximum Gasteiger partial charge on any atom is 0.306 e. The molecule has 1 fully saturated rings. The molecule has 0 aromatic rings. The fourth-order valence-electron chi connectivity index (χ4n) is 10.9. The molecule has 0 aromatic heterocycles. The van der Waals surface area contributed by atoms with Crippen LogP contribution in [0.2, 0.25) is 0 Å². The first-order valence-corrected chi connectivity index (χ1v) is 35.1. The molecule has 0 spiro atoms. The van der Waals surface area contributed by atoms with Crippen molar-refractivity contribution in [1.29, 1.82) is 0 Å². The van der Waals surface area contributed by atoms with Crippen molar-refractivity contribution >= 4 is 11.9 Å². The van der Waals surface area contributed by atoms with Crippen molar-refractivity contribution in [3.63, 3.8) is 0 Å². The molecule has 6 N–H and O–H groups in total. The molecule has 1 heterocycles. The highest BCUT2D eigenvalue weighted by Crippen LogP contribution is 2.26. The molecule has 11 nitrogen and oxygen atoms in total. The van der Waals surface area contributed by atoms with E-state index >= 15 is 0 Å². The molecule has 484 valence electrons. The van der Waals surface area contributed by atoms with Gasteiger partial charge in [0, 0.05) is 6.42 Å². The van der Waals surface area contributed by atoms with E-state index in [0.29, 0.717) is 12.8 Å². The Morgan fingerprint density at radius 1 is 0.470 bits per heavy atom. The molecule has 1 saturated heterocycles. The quantitative estimate of drug-likeness (QED) is 0.0195. The molecule has 1 rings (SSSR count). The molecule has 83 heavy (non-hydrogen) atoms. The molecule has 0 saturated carbocycles. The number of hydrogen-bond acceptors (Lipinski definition) is 10. The normalized spacial score (nSPS) is 18.9. The zero-order valence-electron chi connectivity index (χ0n) is 53.8. The van der Waals surface area contributed by atoms with E-state index in [4.69, 9.17) is 14.2 Å². The van der Waals surface area contributed by atoms with Crippen molar-refractivity contribution in [2.45, 2.75) is 372 Å². The third-order valence-electron chi connectivity index (χ3n) is 16.4. The van der Waals surface area contributed by atoms with Crippen LogP contribution < -0.4 is 5.32 Å². The van der Waals surface area contributed by atoms with E-state index in [1.807, 2.05) is 6.08 Å². The predicted octanol–water partition coefficient (Wildman–Crippen LogP) is 17.7. The van der Waals surface area contributed by atoms with Gasteiger partial charge in [-0.25, -0.2) is 0 Å². The van der Waals surface area contributed by atoms with Crippen molar-refractivity contribution in [1.82, 2.24) is 5.32 Å². The summed E-state index contributed by atoms with van der Waals surface area (Å²) in [6, 6.07) is -1.03. The number of hydrogen-bond donors (Lipinski definition) is 6. The summed E-state index contributed by atoms with van der Waals surface area (Å²) in [6.45, 7) is 5.80. The number of aliphatic hydroxyl groups excluding tert-OH is 5. The number of aliphatic hydroxyl groups is 5. The molecule has 11 heteroatoms. The minimum absolute atomic E-state index is 0.126. The molecule has 8 unspecified atom stereocenters. The molecule has 8 atom stereocenters. The van der Waals surface area contributed by atoms with Crippen molar-refractivity contribution in [2.75, 3.05) is 13.2 Å². The Labute approximate surface area is 509 Å². The van der Waals surface area contributed by atoms with E-state index in [0.717, 1.165) is 83.5 Å². The van der Waals surface area contributed by atoms with Gasteiger partial charge in [-0.3, -0.25) is 9.59 Å². The maximum atomic E-state index is 13.5. The second-order valence-corrected chi connectivity index (χ2v) is 24.3. The summed E-state index contributed by atoms with van der Waals surface area (Å²) < 4.78 is 17.7. The third kappa shape index (κ3) is 47.2. The Bertz CT molecular complexity index is 1580. The van der Waals surface area contributed by atoms with Crippen LogP contribution in [0.15, 0.2) is 60.8 Å². The number of ether oxygens (including phenoxy) is 3. The second kappa shape index (κ2) is 59.7. The van der Waals surface area contributed by atoms with Gasteiger partial charge < -0.3 is 45.1 Å². The van der Waals surface area contributed by atoms with Crippen LogP contribution in [0.4, 0.5) is 0 Å². The maximum absolute atomic E-state index is 13.5. The minimum Gasteiger partial charge on any atom is -0.454 e. The van der Waals surface area contributed by atoms with E-state index in [9.17, 15) is 35.1 Å². The first kappa shape index (κ1) is 78.4. The van der Waals surface area contributed by atoms with Gasteiger partial charge in [0.1, 0.15) is 24.4 Å². The highest BCUT2D eigenvalue weighted by atomic mass is 16.7. The number of nitrogens with one attached hydrogen (secondary N) is 1. The van der Waals surface area contributed by atoms with Gasteiger partial charge in [0.2, 0.25) is 5.91 Å². The van der Waals surface area contributed by atoms with Gasteiger partial charge in [-0.15, -0.1) is 0 Å². The van der Waals surface area contributed by atoms with Crippen LogP contribution in [0, 0.1) is 0 Å². The Kier molecular flexibility index (Phi) is 56.4. The van der Waals surface area contributed by atoms with Crippen LogP contribution in [0.1, 0.15) is 323 Å². The molecule has 0 bridgehead atoms. The monoisotopic (exact) mass is 1170 g/mol. The van der Waals surface area contributed by atoms with E-state index < -0.39 is 67.4 Å². The minimum atomic E-state index is -1.61. The number of carbonyl (C=O) groups is 2. The molecular weight excluding hydrogens is 1040 g/mol. The summed E-state index contributed by atoms with van der Waals surface area (Å²) >= 11 is 0. The summed E-state index contributed by atoms with van der Waals surface area (Å²) in [5.41, 5.74) is 0. The van der Waals surface area contributed by atoms with E-state index in [1.165, 1.54) is 193 Å². The number of amides is 1. The van der Waals surface area contributed by atoms with Crippen molar-refractivity contribution in [3.8, 4) is 0 Å². The molecule has 0 aliphatic carbocycles. The lowest BCUT2D eigenvalue weighted by Gasteiger charge is -2.41. The third-order valence-corrected chi connectivity index (χ3v) is 16.4. The van der Waals surface area contributed by atoms with Crippen LogP contribution in [-0.2, 0) is 23.8 Å². The van der Waals surface area contributed by atoms with Crippen LogP contribution in [0.5, 0.6) is 0 Å². The zero-order valence-corrected chi connectivity index (χ0v) is 53.8. The van der Waals surface area contributed by atoms with Gasteiger partial charge in [-0.05, 0) is 70.6 Å². The van der Waals surface area contributed by atoms with E-state index in [1.54, 1.807) is 6.08 Å². The van der Waals surface area contributed by atoms with Crippen molar-refractivity contribution in [3.05, 3.63) is 60.8 Å². The standard InChI is InChI=1S/C72H131NO10/c1-4-7-10-13-16-19-22-25-27-29-30-31-32-33-34-35-37-38-41-44-47-50-53-56-59-65(76)71(80)73-63(64(75)58-55-52-49-46-43-40-24-21-18-15-12-9-6-3)62-81-72-70(69(79)68(78)66(61-74)82-72)83-67(77)60-57-54-51-48-45-42-39-36-28-26-23-20-17-14-11-8-5-2/h16,19,25,27,30-31,33-34,55,58,63-66,68-70,72,74-76,78-79H,4-15,17-18,20-24,26,28-29,32,35-54,56-57,59-62H2,1-3H3,(H,73,80)/b19-16-,27-25-,31-30-,34-33-,58-55+. The highest BCUT2D eigenvalue weighted by molar-refractivity contribution is 5.80. The van der Waals surface area contributed by atoms with E-state index in [2.05, 4.69) is 74.7 Å². The number of allylic oxidation sites excluding steroid dienone is 9. The molecule has 1 aliphatic rings. The number of carbonyl (C=O) groups excluding carboxylic acids is 2. The van der Waals surface area contributed by atoms with Crippen LogP contribution in [-0.4, -0.2) is 99.6 Å². The smallest absolute Gasteiger partial charge is 0.306 e. The SMILES string of the molecule is CCCCC/C=C\C/C=C\C/C=C\C/C=C\CCCCCCCCCCC(O)C(=O)NC(COC1OC(CO)C(O)C(O)C1OC(=O)CCCCCCCCCCCCCCCCCCC)C(O)/C=C/CCCCCCCCCCCCC. The summed E-state index contributed by atoms with van der Waals surface area (Å²) in [5.74, 6) is -1.19. The van der Waals surface area contributed by atoms with Gasteiger partial charge in [0.15, 0.2) is 12.4 Å². The van der Waals surface area contributed by atoms with Gasteiger partial charge in [0.05, 0.1) is 25.4 Å². The lowest BCUT2D eigenvalue weighted by molar-refractivity contribution is -0.305. The zero-order chi connectivity index (χ0) is 60.3. The topological polar surface area (TPSA) is 175 Å². The second-order valence-electron chi connectivity index (χ2n) is 24.3. The number of esters is 1. The lowest BCUT2D eigenvalue weighted by Crippen LogP contribution is -2.61. The van der Waals surface area contributed by atoms with Crippen LogP contribution in [0.25, 0.3) is 0 Å². The fraction of sp³-hybridized carbons (Fsp3) is 0.833. The molecule has 0 radical (unpaired) electrons. The predicted molar refractivity (Wildman–Crippen MR) is 347 cm³/mol. The largest absolute Gasteiger partial charge is 0.454 e. The first-order chi connectivity index (χ1) is 40.7. The lowest BCUT2D eigenvalue weighted by atomic mass is 9.99. The molecule has 0 aromatic carbocycles. The van der Waals surface area contributed by atoms with Gasteiger partial charge in [-0.2, -0.15) is 0 Å². The highest BCUT2D eigenvalue weighted by Gasteiger charge is 2.47. The average Bonchev–Trinajstić information content (AvgIpc) is 3.67. The first-order valence-electron chi connectivity index (χ1n) is 35.1.